The van der Waals surface area contributed by atoms with Gasteiger partial charge in [-0.15, -0.1) is 11.3 Å². The number of nitrogens with one attached hydrogen (secondary N) is 1. The molecule has 8 aromatic rings. The Bertz CT molecular complexity index is 2300. The fourth-order valence-corrected chi connectivity index (χ4v) is 7.26. The average molecular weight is 574 g/mol. The number of hydrogen-bond acceptors (Lipinski definition) is 3. The first-order chi connectivity index (χ1) is 20.9. The average Bonchev–Trinajstić information content (AvgIpc) is 3.59. The van der Waals surface area contributed by atoms with Gasteiger partial charge < -0.3 is 9.73 Å². The summed E-state index contributed by atoms with van der Waals surface area (Å²) >= 11 is 1.85. The standard InChI is InChI=1S/C40H31NOS/c1-40(2,3)28-17-18-33(31(24-28)25-10-5-4-6-11-25)41-29-13-9-12-26(22-29)27-16-20-36-32(23-27)39-37(43-36)21-19-35-38(39)30-14-7-8-15-34(30)42-35/h4-24,41H,1-3H3. The number of furan rings is 1. The lowest BCUT2D eigenvalue weighted by Gasteiger charge is -2.22. The lowest BCUT2D eigenvalue weighted by Crippen LogP contribution is -2.11. The monoisotopic (exact) mass is 573 g/mol. The van der Waals surface area contributed by atoms with Gasteiger partial charge in [0.15, 0.2) is 0 Å². The number of thiophene rings is 1. The normalized spacial score (nSPS) is 12.1. The predicted molar refractivity (Wildman–Crippen MR) is 186 cm³/mol. The highest BCUT2D eigenvalue weighted by atomic mass is 32.1. The maximum atomic E-state index is 6.23. The van der Waals surface area contributed by atoms with E-state index in [-0.39, 0.29) is 5.41 Å². The van der Waals surface area contributed by atoms with Gasteiger partial charge in [-0.25, -0.2) is 0 Å². The van der Waals surface area contributed by atoms with Crippen LogP contribution in [0.1, 0.15) is 26.3 Å². The molecule has 2 heterocycles. The zero-order valence-electron chi connectivity index (χ0n) is 24.4. The molecule has 6 aromatic carbocycles. The zero-order chi connectivity index (χ0) is 29.1. The van der Waals surface area contributed by atoms with Gasteiger partial charge in [0.1, 0.15) is 11.2 Å². The Morgan fingerprint density at radius 1 is 0.558 bits per heavy atom. The number of para-hydroxylation sites is 1. The van der Waals surface area contributed by atoms with Gasteiger partial charge in [-0.3, -0.25) is 0 Å². The van der Waals surface area contributed by atoms with Crippen LogP contribution >= 0.6 is 11.3 Å². The second-order valence-electron chi connectivity index (χ2n) is 12.3. The van der Waals surface area contributed by atoms with Crippen LogP contribution in [0.5, 0.6) is 0 Å². The highest BCUT2D eigenvalue weighted by molar-refractivity contribution is 7.26. The van der Waals surface area contributed by atoms with Gasteiger partial charge >= 0.3 is 0 Å². The molecule has 0 aliphatic carbocycles. The molecule has 208 valence electrons. The maximum Gasteiger partial charge on any atom is 0.136 e. The summed E-state index contributed by atoms with van der Waals surface area (Å²) in [5, 5.41) is 8.69. The van der Waals surface area contributed by atoms with Gasteiger partial charge in [0.25, 0.3) is 0 Å². The molecule has 0 amide bonds. The lowest BCUT2D eigenvalue weighted by molar-refractivity contribution is 0.590. The minimum absolute atomic E-state index is 0.0702. The van der Waals surface area contributed by atoms with Crippen LogP contribution in [0, 0.1) is 0 Å². The molecule has 0 aliphatic heterocycles. The second kappa shape index (κ2) is 9.86. The largest absolute Gasteiger partial charge is 0.456 e. The summed E-state index contributed by atoms with van der Waals surface area (Å²) in [6.45, 7) is 6.80. The van der Waals surface area contributed by atoms with Crippen LogP contribution in [0.2, 0.25) is 0 Å². The first-order valence-corrected chi connectivity index (χ1v) is 15.6. The Balaban J connectivity index is 1.22. The summed E-state index contributed by atoms with van der Waals surface area (Å²) in [5.41, 5.74) is 10.2. The van der Waals surface area contributed by atoms with Crippen molar-refractivity contribution in [3.8, 4) is 22.3 Å². The number of benzene rings is 6. The lowest BCUT2D eigenvalue weighted by atomic mass is 9.85. The van der Waals surface area contributed by atoms with E-state index in [1.807, 2.05) is 17.4 Å². The van der Waals surface area contributed by atoms with Crippen LogP contribution < -0.4 is 5.32 Å². The molecule has 43 heavy (non-hydrogen) atoms. The molecular weight excluding hydrogens is 543 g/mol. The maximum absolute atomic E-state index is 6.23. The fourth-order valence-electron chi connectivity index (χ4n) is 6.17. The van der Waals surface area contributed by atoms with Gasteiger partial charge in [0, 0.05) is 47.9 Å². The van der Waals surface area contributed by atoms with Gasteiger partial charge in [0.2, 0.25) is 0 Å². The van der Waals surface area contributed by atoms with Crippen molar-refractivity contribution in [2.45, 2.75) is 26.2 Å². The van der Waals surface area contributed by atoms with Crippen LogP contribution in [0.25, 0.3) is 64.4 Å². The summed E-state index contributed by atoms with van der Waals surface area (Å²) < 4.78 is 8.80. The Morgan fingerprint density at radius 3 is 2.19 bits per heavy atom. The summed E-state index contributed by atoms with van der Waals surface area (Å²) in [5.74, 6) is 0. The van der Waals surface area contributed by atoms with Gasteiger partial charge in [-0.1, -0.05) is 93.6 Å². The Kier molecular flexibility index (Phi) is 5.92. The van der Waals surface area contributed by atoms with Crippen LogP contribution in [0.3, 0.4) is 0 Å². The minimum Gasteiger partial charge on any atom is -0.456 e. The molecule has 0 aliphatic rings. The van der Waals surface area contributed by atoms with Crippen molar-refractivity contribution in [1.29, 1.82) is 0 Å². The van der Waals surface area contributed by atoms with Gasteiger partial charge in [0.05, 0.1) is 0 Å². The highest BCUT2D eigenvalue weighted by Gasteiger charge is 2.18. The van der Waals surface area contributed by atoms with Crippen molar-refractivity contribution in [2.75, 3.05) is 5.32 Å². The molecule has 0 saturated heterocycles. The third kappa shape index (κ3) is 4.48. The van der Waals surface area contributed by atoms with Crippen molar-refractivity contribution in [2.24, 2.45) is 0 Å². The molecule has 0 saturated carbocycles. The Labute approximate surface area is 255 Å². The Morgan fingerprint density at radius 2 is 1.33 bits per heavy atom. The van der Waals surface area contributed by atoms with Crippen molar-refractivity contribution in [1.82, 2.24) is 0 Å². The predicted octanol–water partition coefficient (Wildman–Crippen LogP) is 12.3. The SMILES string of the molecule is CC(C)(C)c1ccc(Nc2cccc(-c3ccc4sc5ccc6oc7ccccc7c6c5c4c3)c2)c(-c2ccccc2)c1. The van der Waals surface area contributed by atoms with E-state index in [1.165, 1.54) is 58.8 Å². The van der Waals surface area contributed by atoms with Crippen molar-refractivity contribution >= 4 is 64.8 Å². The Hall–Kier alpha value is -4.86. The summed E-state index contributed by atoms with van der Waals surface area (Å²) in [6, 6.07) is 45.7. The fraction of sp³-hybridized carbons (Fsp3) is 0.100. The van der Waals surface area contributed by atoms with Crippen LogP contribution in [0.4, 0.5) is 11.4 Å². The molecule has 0 spiro atoms. The van der Waals surface area contributed by atoms with E-state index >= 15 is 0 Å². The van der Waals surface area contributed by atoms with Crippen molar-refractivity contribution in [3.05, 3.63) is 133 Å². The highest BCUT2D eigenvalue weighted by Crippen LogP contribution is 2.44. The van der Waals surface area contributed by atoms with Gasteiger partial charge in [-0.2, -0.15) is 0 Å². The topological polar surface area (TPSA) is 25.2 Å². The summed E-state index contributed by atoms with van der Waals surface area (Å²) in [7, 11) is 0. The summed E-state index contributed by atoms with van der Waals surface area (Å²) in [4.78, 5) is 0. The van der Waals surface area contributed by atoms with Gasteiger partial charge in [-0.05, 0) is 82.3 Å². The molecule has 8 rings (SSSR count). The molecule has 0 unspecified atom stereocenters. The van der Waals surface area contributed by atoms with E-state index in [0.717, 1.165) is 22.5 Å². The molecule has 1 N–H and O–H groups in total. The molecule has 2 aromatic heterocycles. The molecular formula is C40H31NOS. The van der Waals surface area contributed by atoms with E-state index in [9.17, 15) is 0 Å². The first kappa shape index (κ1) is 25.8. The van der Waals surface area contributed by atoms with E-state index in [2.05, 4.69) is 147 Å². The molecule has 0 fully saturated rings. The number of hydrogen-bond donors (Lipinski definition) is 1. The molecule has 2 nitrogen and oxygen atoms in total. The van der Waals surface area contributed by atoms with Crippen molar-refractivity contribution < 1.29 is 4.42 Å². The number of rotatable bonds is 4. The molecule has 0 bridgehead atoms. The molecule has 0 radical (unpaired) electrons. The smallest absolute Gasteiger partial charge is 0.136 e. The summed E-state index contributed by atoms with van der Waals surface area (Å²) in [6.07, 6.45) is 0. The van der Waals surface area contributed by atoms with E-state index < -0.39 is 0 Å². The number of anilines is 2. The van der Waals surface area contributed by atoms with E-state index in [0.29, 0.717) is 0 Å². The van der Waals surface area contributed by atoms with E-state index in [4.69, 9.17) is 4.42 Å². The molecule has 3 heteroatoms. The minimum atomic E-state index is 0.0702. The first-order valence-electron chi connectivity index (χ1n) is 14.8. The van der Waals surface area contributed by atoms with Crippen LogP contribution in [-0.4, -0.2) is 0 Å². The van der Waals surface area contributed by atoms with Crippen LogP contribution in [0.15, 0.2) is 132 Å². The van der Waals surface area contributed by atoms with E-state index in [1.54, 1.807) is 0 Å². The zero-order valence-corrected chi connectivity index (χ0v) is 25.3. The number of fused-ring (bicyclic) bond motifs is 7. The van der Waals surface area contributed by atoms with Crippen molar-refractivity contribution in [3.63, 3.8) is 0 Å². The third-order valence-electron chi connectivity index (χ3n) is 8.42. The second-order valence-corrected chi connectivity index (χ2v) is 13.4. The third-order valence-corrected chi connectivity index (χ3v) is 9.56. The van der Waals surface area contributed by atoms with Crippen LogP contribution in [-0.2, 0) is 5.41 Å². The molecule has 0 atom stereocenters. The quantitative estimate of drug-likeness (QED) is 0.226.